The van der Waals surface area contributed by atoms with Gasteiger partial charge >= 0.3 is 0 Å². The van der Waals surface area contributed by atoms with Gasteiger partial charge in [-0.1, -0.05) is 18.2 Å². The second-order valence-corrected chi connectivity index (χ2v) is 7.65. The summed E-state index contributed by atoms with van der Waals surface area (Å²) >= 11 is 0. The number of hydrogen-bond acceptors (Lipinski definition) is 5. The molecule has 9 heteroatoms. The van der Waals surface area contributed by atoms with E-state index in [0.717, 1.165) is 5.56 Å². The molecular formula is C19H19N5O3S. The van der Waals surface area contributed by atoms with Crippen molar-refractivity contribution in [3.8, 4) is 0 Å². The van der Waals surface area contributed by atoms with Crippen LogP contribution in [0.4, 0.5) is 5.82 Å². The van der Waals surface area contributed by atoms with E-state index in [1.54, 1.807) is 29.3 Å². The molecule has 0 bridgehead atoms. The van der Waals surface area contributed by atoms with Gasteiger partial charge in [-0.2, -0.15) is 5.10 Å². The van der Waals surface area contributed by atoms with Crippen LogP contribution in [-0.2, 0) is 16.6 Å². The number of hydrogen-bond donors (Lipinski definition) is 2. The summed E-state index contributed by atoms with van der Waals surface area (Å²) in [4.78, 5) is 16.5. The summed E-state index contributed by atoms with van der Waals surface area (Å²) in [5, 5.41) is 6.97. The van der Waals surface area contributed by atoms with Crippen molar-refractivity contribution < 1.29 is 13.2 Å². The summed E-state index contributed by atoms with van der Waals surface area (Å²) < 4.78 is 28.4. The largest absolute Gasteiger partial charge is 0.305 e. The summed E-state index contributed by atoms with van der Waals surface area (Å²) in [6.07, 6.45) is 6.62. The minimum atomic E-state index is -3.71. The highest BCUT2D eigenvalue weighted by Gasteiger charge is 2.16. The fourth-order valence-electron chi connectivity index (χ4n) is 2.44. The van der Waals surface area contributed by atoms with Crippen LogP contribution in [-0.4, -0.2) is 35.6 Å². The first kappa shape index (κ1) is 19.5. The Balaban J connectivity index is 1.70. The number of aromatic nitrogens is 3. The molecule has 1 aromatic carbocycles. The number of nitrogens with zero attached hydrogens (tertiary/aromatic N) is 3. The number of amides is 1. The topological polar surface area (TPSA) is 106 Å². The highest BCUT2D eigenvalue weighted by Crippen LogP contribution is 2.13. The van der Waals surface area contributed by atoms with Crippen molar-refractivity contribution in [2.24, 2.45) is 0 Å². The van der Waals surface area contributed by atoms with E-state index < -0.39 is 15.9 Å². The summed E-state index contributed by atoms with van der Waals surface area (Å²) in [6.45, 7) is 4.10. The molecular weight excluding hydrogens is 378 g/mol. The molecule has 2 aromatic heterocycles. The van der Waals surface area contributed by atoms with Gasteiger partial charge in [-0.05, 0) is 29.8 Å². The van der Waals surface area contributed by atoms with Gasteiger partial charge in [-0.25, -0.2) is 13.1 Å². The summed E-state index contributed by atoms with van der Waals surface area (Å²) in [7, 11) is -3.71. The van der Waals surface area contributed by atoms with Crippen molar-refractivity contribution in [3.63, 3.8) is 0 Å². The first-order valence-electron chi connectivity index (χ1n) is 8.42. The Morgan fingerprint density at radius 3 is 2.82 bits per heavy atom. The summed E-state index contributed by atoms with van der Waals surface area (Å²) in [6, 6.07) is 11.2. The fraction of sp³-hybridized carbons (Fsp3) is 0.105. The Hall–Kier alpha value is -3.30. The van der Waals surface area contributed by atoms with Gasteiger partial charge in [0.05, 0.1) is 11.4 Å². The lowest BCUT2D eigenvalue weighted by atomic mass is 10.2. The highest BCUT2D eigenvalue weighted by molar-refractivity contribution is 7.89. The lowest BCUT2D eigenvalue weighted by molar-refractivity contribution is 0.102. The van der Waals surface area contributed by atoms with Crippen molar-refractivity contribution >= 4 is 21.7 Å². The fourth-order valence-corrected chi connectivity index (χ4v) is 3.48. The molecule has 0 aliphatic heterocycles. The Labute approximate surface area is 163 Å². The summed E-state index contributed by atoms with van der Waals surface area (Å²) in [5.74, 6) is -0.0840. The third kappa shape index (κ3) is 4.90. The molecule has 0 aliphatic carbocycles. The van der Waals surface area contributed by atoms with Crippen LogP contribution in [0.5, 0.6) is 0 Å². The van der Waals surface area contributed by atoms with Crippen LogP contribution in [0.15, 0.2) is 78.6 Å². The van der Waals surface area contributed by atoms with Crippen LogP contribution in [0.1, 0.15) is 15.9 Å². The molecule has 0 unspecified atom stereocenters. The molecule has 144 valence electrons. The smallest absolute Gasteiger partial charge is 0.256 e. The maximum absolute atomic E-state index is 12.5. The van der Waals surface area contributed by atoms with Crippen LogP contribution in [0, 0.1) is 0 Å². The van der Waals surface area contributed by atoms with E-state index in [1.807, 2.05) is 12.1 Å². The maximum Gasteiger partial charge on any atom is 0.256 e. The number of nitrogens with one attached hydrogen (secondary N) is 2. The number of sulfonamides is 1. The lowest BCUT2D eigenvalue weighted by Gasteiger charge is -2.07. The van der Waals surface area contributed by atoms with Gasteiger partial charge in [-0.3, -0.25) is 14.5 Å². The number of pyridine rings is 1. The molecule has 0 saturated heterocycles. The third-order valence-electron chi connectivity index (χ3n) is 3.77. The van der Waals surface area contributed by atoms with E-state index in [1.165, 1.54) is 30.3 Å². The van der Waals surface area contributed by atoms with Gasteiger partial charge in [-0.15, -0.1) is 6.58 Å². The van der Waals surface area contributed by atoms with Gasteiger partial charge in [0.25, 0.3) is 5.91 Å². The highest BCUT2D eigenvalue weighted by atomic mass is 32.2. The predicted molar refractivity (Wildman–Crippen MR) is 105 cm³/mol. The SMILES string of the molecule is C=CCNS(=O)(=O)c1cccc(C(=O)Nc2ccn(Cc3cccnc3)n2)c1. The normalized spacial score (nSPS) is 11.1. The number of carbonyl (C=O) groups excluding carboxylic acids is 1. The van der Waals surface area contributed by atoms with E-state index in [4.69, 9.17) is 0 Å². The summed E-state index contributed by atoms with van der Waals surface area (Å²) in [5.41, 5.74) is 1.19. The molecule has 0 saturated carbocycles. The molecule has 3 rings (SSSR count). The van der Waals surface area contributed by atoms with Crippen LogP contribution in [0.3, 0.4) is 0 Å². The zero-order valence-corrected chi connectivity index (χ0v) is 15.8. The van der Waals surface area contributed by atoms with E-state index in [9.17, 15) is 13.2 Å². The molecule has 0 spiro atoms. The van der Waals surface area contributed by atoms with E-state index in [-0.39, 0.29) is 17.0 Å². The number of benzene rings is 1. The van der Waals surface area contributed by atoms with Crippen molar-refractivity contribution in [1.82, 2.24) is 19.5 Å². The van der Waals surface area contributed by atoms with Crippen LogP contribution in [0.25, 0.3) is 0 Å². The average Bonchev–Trinajstić information content (AvgIpc) is 3.14. The average molecular weight is 397 g/mol. The van der Waals surface area contributed by atoms with Gasteiger partial charge in [0.15, 0.2) is 5.82 Å². The molecule has 2 N–H and O–H groups in total. The van der Waals surface area contributed by atoms with E-state index in [2.05, 4.69) is 26.7 Å². The van der Waals surface area contributed by atoms with Gasteiger partial charge < -0.3 is 5.32 Å². The van der Waals surface area contributed by atoms with E-state index >= 15 is 0 Å². The van der Waals surface area contributed by atoms with Crippen molar-refractivity contribution in [2.45, 2.75) is 11.4 Å². The van der Waals surface area contributed by atoms with Gasteiger partial charge in [0.2, 0.25) is 10.0 Å². The minimum Gasteiger partial charge on any atom is -0.305 e. The second-order valence-electron chi connectivity index (χ2n) is 5.88. The quantitative estimate of drug-likeness (QED) is 0.566. The van der Waals surface area contributed by atoms with Crippen LogP contribution >= 0.6 is 0 Å². The Morgan fingerprint density at radius 1 is 1.21 bits per heavy atom. The van der Waals surface area contributed by atoms with Crippen LogP contribution < -0.4 is 10.0 Å². The minimum absolute atomic E-state index is 0.00380. The zero-order chi connectivity index (χ0) is 20.0. The molecule has 1 amide bonds. The molecule has 0 aliphatic rings. The van der Waals surface area contributed by atoms with Crippen molar-refractivity contribution in [3.05, 3.63) is 84.8 Å². The number of carbonyl (C=O) groups is 1. The van der Waals surface area contributed by atoms with Crippen molar-refractivity contribution in [2.75, 3.05) is 11.9 Å². The second kappa shape index (κ2) is 8.59. The molecule has 8 nitrogen and oxygen atoms in total. The van der Waals surface area contributed by atoms with E-state index in [0.29, 0.717) is 12.4 Å². The molecule has 0 radical (unpaired) electrons. The third-order valence-corrected chi connectivity index (χ3v) is 5.20. The Bertz CT molecular complexity index is 1080. The predicted octanol–water partition coefficient (Wildman–Crippen LogP) is 2.04. The molecule has 28 heavy (non-hydrogen) atoms. The lowest BCUT2D eigenvalue weighted by Crippen LogP contribution is -2.24. The monoisotopic (exact) mass is 397 g/mol. The first-order chi connectivity index (χ1) is 13.5. The van der Waals surface area contributed by atoms with Crippen molar-refractivity contribution in [1.29, 1.82) is 0 Å². The first-order valence-corrected chi connectivity index (χ1v) is 9.90. The van der Waals surface area contributed by atoms with Gasteiger partial charge in [0, 0.05) is 36.8 Å². The number of anilines is 1. The maximum atomic E-state index is 12.5. The molecule has 0 atom stereocenters. The zero-order valence-electron chi connectivity index (χ0n) is 14.9. The number of rotatable bonds is 8. The van der Waals surface area contributed by atoms with Gasteiger partial charge in [0.1, 0.15) is 0 Å². The van der Waals surface area contributed by atoms with Crippen LogP contribution in [0.2, 0.25) is 0 Å². The molecule has 3 aromatic rings. The Morgan fingerprint density at radius 2 is 2.07 bits per heavy atom. The molecule has 0 fully saturated rings. The standard InChI is InChI=1S/C19H19N5O3S/c1-2-9-21-28(26,27)17-7-3-6-16(12-17)19(25)22-18-8-11-24(23-18)14-15-5-4-10-20-13-15/h2-8,10-13,21H,1,9,14H2,(H,22,23,25). The Kier molecular flexibility index (Phi) is 5.97. The molecule has 2 heterocycles.